The van der Waals surface area contributed by atoms with E-state index in [1.807, 2.05) is 54.6 Å². The smallest absolute Gasteiger partial charge is 0.304 e. The van der Waals surface area contributed by atoms with E-state index >= 15 is 0 Å². The quantitative estimate of drug-likeness (QED) is 0.947. The van der Waals surface area contributed by atoms with Crippen LogP contribution in [0, 0.1) is 5.92 Å². The van der Waals surface area contributed by atoms with Gasteiger partial charge >= 0.3 is 5.97 Å². The summed E-state index contributed by atoms with van der Waals surface area (Å²) >= 11 is 0. The first-order valence-corrected chi connectivity index (χ1v) is 7.23. The molecular weight excluding hydrogens is 278 g/mol. The lowest BCUT2D eigenvalue weighted by Gasteiger charge is -2.37. The zero-order chi connectivity index (χ0) is 15.7. The van der Waals surface area contributed by atoms with Crippen molar-refractivity contribution in [2.45, 2.75) is 12.3 Å². The third-order valence-electron chi connectivity index (χ3n) is 4.24. The number of carbonyl (C=O) groups is 2. The molecule has 0 fully saturated rings. The highest BCUT2D eigenvalue weighted by Gasteiger charge is 2.40. The van der Waals surface area contributed by atoms with Gasteiger partial charge in [0.05, 0.1) is 12.3 Å². The number of hydrogen-bond acceptors (Lipinski definition) is 2. The molecule has 1 heterocycles. The molecule has 22 heavy (non-hydrogen) atoms. The summed E-state index contributed by atoms with van der Waals surface area (Å²) in [5.74, 6) is -1.90. The molecule has 4 nitrogen and oxygen atoms in total. The van der Waals surface area contributed by atoms with E-state index < -0.39 is 11.9 Å². The van der Waals surface area contributed by atoms with Crippen molar-refractivity contribution in [2.24, 2.45) is 5.92 Å². The maximum atomic E-state index is 12.7. The fourth-order valence-corrected chi connectivity index (χ4v) is 3.25. The highest BCUT2D eigenvalue weighted by atomic mass is 16.4. The van der Waals surface area contributed by atoms with E-state index in [4.69, 9.17) is 0 Å². The van der Waals surface area contributed by atoms with Crippen LogP contribution in [-0.4, -0.2) is 24.0 Å². The van der Waals surface area contributed by atoms with Gasteiger partial charge in [-0.15, -0.1) is 0 Å². The van der Waals surface area contributed by atoms with Crippen LogP contribution in [0.15, 0.2) is 54.6 Å². The molecule has 1 aliphatic rings. The largest absolute Gasteiger partial charge is 0.481 e. The van der Waals surface area contributed by atoms with Gasteiger partial charge in [-0.2, -0.15) is 0 Å². The van der Waals surface area contributed by atoms with Gasteiger partial charge in [0.25, 0.3) is 0 Å². The molecule has 0 aromatic heterocycles. The van der Waals surface area contributed by atoms with Gasteiger partial charge in [0.2, 0.25) is 5.91 Å². The van der Waals surface area contributed by atoms with Crippen LogP contribution in [0.2, 0.25) is 0 Å². The molecule has 1 N–H and O–H groups in total. The normalized spacial score (nSPS) is 20.6. The van der Waals surface area contributed by atoms with Crippen LogP contribution >= 0.6 is 0 Å². The molecule has 0 saturated heterocycles. The molecule has 0 spiro atoms. The van der Waals surface area contributed by atoms with Crippen molar-refractivity contribution >= 4 is 17.6 Å². The van der Waals surface area contributed by atoms with Crippen LogP contribution in [0.25, 0.3) is 0 Å². The first kappa shape index (κ1) is 14.3. The van der Waals surface area contributed by atoms with E-state index in [9.17, 15) is 14.7 Å². The SMILES string of the molecule is CN1C(=O)C(CC(=O)O)C(c2ccccc2)c2ccccc21. The number of amides is 1. The summed E-state index contributed by atoms with van der Waals surface area (Å²) in [5.41, 5.74) is 2.83. The number of benzene rings is 2. The van der Waals surface area contributed by atoms with Gasteiger partial charge in [0, 0.05) is 18.7 Å². The van der Waals surface area contributed by atoms with Crippen molar-refractivity contribution in [3.8, 4) is 0 Å². The zero-order valence-corrected chi connectivity index (χ0v) is 12.3. The lowest BCUT2D eigenvalue weighted by atomic mass is 9.75. The summed E-state index contributed by atoms with van der Waals surface area (Å²) in [4.78, 5) is 25.5. The number of nitrogens with zero attached hydrogens (tertiary/aromatic N) is 1. The second kappa shape index (κ2) is 5.64. The Balaban J connectivity index is 2.17. The third kappa shape index (κ3) is 2.37. The van der Waals surface area contributed by atoms with Crippen molar-refractivity contribution < 1.29 is 14.7 Å². The molecule has 2 unspecified atom stereocenters. The Hall–Kier alpha value is -2.62. The summed E-state index contributed by atoms with van der Waals surface area (Å²) in [7, 11) is 1.71. The third-order valence-corrected chi connectivity index (χ3v) is 4.24. The first-order valence-electron chi connectivity index (χ1n) is 7.23. The minimum Gasteiger partial charge on any atom is -0.481 e. The number of carbonyl (C=O) groups excluding carboxylic acids is 1. The van der Waals surface area contributed by atoms with E-state index in [-0.39, 0.29) is 18.2 Å². The Kier molecular flexibility index (Phi) is 3.67. The Morgan fingerprint density at radius 1 is 1.09 bits per heavy atom. The molecule has 1 amide bonds. The van der Waals surface area contributed by atoms with Crippen molar-refractivity contribution in [2.75, 3.05) is 11.9 Å². The molecule has 0 radical (unpaired) electrons. The lowest BCUT2D eigenvalue weighted by Crippen LogP contribution is -2.42. The molecule has 4 heteroatoms. The van der Waals surface area contributed by atoms with Crippen LogP contribution in [0.5, 0.6) is 0 Å². The fourth-order valence-electron chi connectivity index (χ4n) is 3.25. The summed E-state index contributed by atoms with van der Waals surface area (Å²) in [6.07, 6.45) is -0.170. The Morgan fingerprint density at radius 2 is 1.73 bits per heavy atom. The van der Waals surface area contributed by atoms with Crippen LogP contribution in [0.4, 0.5) is 5.69 Å². The molecule has 2 aromatic carbocycles. The molecule has 3 rings (SSSR count). The molecule has 0 saturated carbocycles. The van der Waals surface area contributed by atoms with Crippen molar-refractivity contribution in [3.05, 3.63) is 65.7 Å². The standard InChI is InChI=1S/C18H17NO3/c1-19-15-10-6-5-9-13(15)17(12-7-3-2-4-8-12)14(18(19)22)11-16(20)21/h2-10,14,17H,11H2,1H3,(H,20,21). The van der Waals surface area contributed by atoms with Gasteiger partial charge < -0.3 is 10.0 Å². The lowest BCUT2D eigenvalue weighted by molar-refractivity contribution is -0.141. The topological polar surface area (TPSA) is 57.6 Å². The van der Waals surface area contributed by atoms with Crippen LogP contribution < -0.4 is 4.90 Å². The summed E-state index contributed by atoms with van der Waals surface area (Å²) < 4.78 is 0. The van der Waals surface area contributed by atoms with E-state index in [0.717, 1.165) is 16.8 Å². The number of hydrogen-bond donors (Lipinski definition) is 1. The number of anilines is 1. The Bertz CT molecular complexity index is 711. The maximum Gasteiger partial charge on any atom is 0.304 e. The maximum absolute atomic E-state index is 12.7. The minimum absolute atomic E-state index is 0.144. The predicted molar refractivity (Wildman–Crippen MR) is 83.9 cm³/mol. The monoisotopic (exact) mass is 295 g/mol. The van der Waals surface area contributed by atoms with Gasteiger partial charge in [-0.3, -0.25) is 9.59 Å². The second-order valence-electron chi connectivity index (χ2n) is 5.55. The van der Waals surface area contributed by atoms with Gasteiger partial charge in [-0.1, -0.05) is 48.5 Å². The van der Waals surface area contributed by atoms with E-state index in [1.54, 1.807) is 11.9 Å². The number of fused-ring (bicyclic) bond motifs is 1. The predicted octanol–water partition coefficient (Wildman–Crippen LogP) is 2.89. The van der Waals surface area contributed by atoms with Crippen molar-refractivity contribution in [1.82, 2.24) is 0 Å². The second-order valence-corrected chi connectivity index (χ2v) is 5.55. The van der Waals surface area contributed by atoms with Crippen molar-refractivity contribution in [3.63, 3.8) is 0 Å². The van der Waals surface area contributed by atoms with Crippen LogP contribution in [0.3, 0.4) is 0 Å². The number of rotatable bonds is 3. The highest BCUT2D eigenvalue weighted by molar-refractivity contribution is 6.00. The molecule has 2 atom stereocenters. The average Bonchev–Trinajstić information content (AvgIpc) is 2.53. The number of aliphatic carboxylic acids is 1. The Morgan fingerprint density at radius 3 is 2.41 bits per heavy atom. The van der Waals surface area contributed by atoms with Crippen LogP contribution in [0.1, 0.15) is 23.5 Å². The summed E-state index contributed by atoms with van der Waals surface area (Å²) in [6, 6.07) is 17.3. The first-order chi connectivity index (χ1) is 10.6. The van der Waals surface area contributed by atoms with Crippen LogP contribution in [-0.2, 0) is 9.59 Å². The molecule has 0 bridgehead atoms. The Labute approximate surface area is 129 Å². The molecule has 112 valence electrons. The molecule has 1 aliphatic heterocycles. The van der Waals surface area contributed by atoms with E-state index in [2.05, 4.69) is 0 Å². The molecular formula is C18H17NO3. The highest BCUT2D eigenvalue weighted by Crippen LogP contribution is 2.43. The van der Waals surface area contributed by atoms with E-state index in [0.29, 0.717) is 0 Å². The summed E-state index contributed by atoms with van der Waals surface area (Å²) in [6.45, 7) is 0. The minimum atomic E-state index is -0.952. The van der Waals surface area contributed by atoms with Gasteiger partial charge in [0.15, 0.2) is 0 Å². The molecule has 2 aromatic rings. The van der Waals surface area contributed by atoms with E-state index in [1.165, 1.54) is 0 Å². The van der Waals surface area contributed by atoms with Gasteiger partial charge in [0.1, 0.15) is 0 Å². The summed E-state index contributed by atoms with van der Waals surface area (Å²) in [5, 5.41) is 9.21. The van der Waals surface area contributed by atoms with Gasteiger partial charge in [-0.25, -0.2) is 0 Å². The number of carboxylic acid groups (broad SMARTS) is 1. The van der Waals surface area contributed by atoms with Crippen molar-refractivity contribution in [1.29, 1.82) is 0 Å². The fraction of sp³-hybridized carbons (Fsp3) is 0.222. The zero-order valence-electron chi connectivity index (χ0n) is 12.3. The van der Waals surface area contributed by atoms with Gasteiger partial charge in [-0.05, 0) is 17.2 Å². The number of para-hydroxylation sites is 1. The number of carboxylic acids is 1. The molecule has 0 aliphatic carbocycles. The average molecular weight is 295 g/mol.